The first-order chi connectivity index (χ1) is 12.8. The van der Waals surface area contributed by atoms with Gasteiger partial charge in [-0.05, 0) is 48.7 Å². The number of alkyl halides is 3. The second-order valence-corrected chi connectivity index (χ2v) is 7.98. The molecule has 1 atom stereocenters. The second kappa shape index (κ2) is 6.48. The summed E-state index contributed by atoms with van der Waals surface area (Å²) in [6.07, 6.45) is -4.45. The van der Waals surface area contributed by atoms with Gasteiger partial charge in [0.15, 0.2) is 0 Å². The SMILES string of the molecule is Cc1cccc(C)c1CN1C(=O)[C@@H]2CSCN2c2ccc(C(F)(F)F)cc21. The zero-order valence-corrected chi connectivity index (χ0v) is 15.8. The number of carbonyl (C=O) groups excluding carboxylic acids is 1. The third kappa shape index (κ3) is 3.08. The second-order valence-electron chi connectivity index (χ2n) is 6.98. The van der Waals surface area contributed by atoms with Gasteiger partial charge >= 0.3 is 6.18 Å². The van der Waals surface area contributed by atoms with Crippen LogP contribution in [0.1, 0.15) is 22.3 Å². The van der Waals surface area contributed by atoms with Crippen LogP contribution < -0.4 is 9.80 Å². The number of hydrogen-bond donors (Lipinski definition) is 0. The molecule has 1 amide bonds. The molecule has 0 bridgehead atoms. The molecule has 0 N–H and O–H groups in total. The van der Waals surface area contributed by atoms with Gasteiger partial charge in [0, 0.05) is 5.75 Å². The van der Waals surface area contributed by atoms with Crippen LogP contribution in [0.5, 0.6) is 0 Å². The predicted octanol–water partition coefficient (Wildman–Crippen LogP) is 4.75. The number of fused-ring (bicyclic) bond motifs is 3. The Balaban J connectivity index is 1.84. The molecular weight excluding hydrogens is 373 g/mol. The van der Waals surface area contributed by atoms with E-state index in [2.05, 4.69) is 0 Å². The molecule has 0 aliphatic carbocycles. The molecule has 1 fully saturated rings. The van der Waals surface area contributed by atoms with E-state index in [9.17, 15) is 18.0 Å². The monoisotopic (exact) mass is 392 g/mol. The van der Waals surface area contributed by atoms with Gasteiger partial charge in [-0.25, -0.2) is 0 Å². The van der Waals surface area contributed by atoms with Crippen molar-refractivity contribution < 1.29 is 18.0 Å². The van der Waals surface area contributed by atoms with E-state index in [-0.39, 0.29) is 18.5 Å². The van der Waals surface area contributed by atoms with Crippen LogP contribution in [-0.4, -0.2) is 23.6 Å². The average molecular weight is 392 g/mol. The number of halogens is 3. The van der Waals surface area contributed by atoms with Crippen molar-refractivity contribution in [2.45, 2.75) is 32.6 Å². The summed E-state index contributed by atoms with van der Waals surface area (Å²) in [4.78, 5) is 16.6. The normalized spacial score (nSPS) is 19.3. The summed E-state index contributed by atoms with van der Waals surface area (Å²) in [5.41, 5.74) is 3.35. The number of nitrogens with zero attached hydrogens (tertiary/aromatic N) is 2. The topological polar surface area (TPSA) is 23.6 Å². The molecule has 0 spiro atoms. The Morgan fingerprint density at radius 3 is 2.48 bits per heavy atom. The van der Waals surface area contributed by atoms with Crippen LogP contribution in [-0.2, 0) is 17.5 Å². The number of amides is 1. The lowest BCUT2D eigenvalue weighted by molar-refractivity contribution is -0.137. The molecule has 27 heavy (non-hydrogen) atoms. The van der Waals surface area contributed by atoms with E-state index < -0.39 is 11.7 Å². The highest BCUT2D eigenvalue weighted by atomic mass is 32.2. The molecule has 2 aliphatic rings. The highest BCUT2D eigenvalue weighted by molar-refractivity contribution is 7.99. The molecule has 3 nitrogen and oxygen atoms in total. The molecule has 2 aromatic rings. The van der Waals surface area contributed by atoms with Crippen molar-refractivity contribution in [3.8, 4) is 0 Å². The molecule has 7 heteroatoms. The number of aryl methyl sites for hydroxylation is 2. The van der Waals surface area contributed by atoms with Gasteiger partial charge in [0.25, 0.3) is 5.91 Å². The molecule has 0 unspecified atom stereocenters. The standard InChI is InChI=1S/C20H19F3N2OS/c1-12-4-3-5-13(2)15(12)9-24-17-8-14(20(21,22)23)6-7-16(17)25-11-27-10-18(25)19(24)26/h3-8,18H,9-11H2,1-2H3/t18-/m0/s1. The molecule has 2 aliphatic heterocycles. The number of hydrogen-bond acceptors (Lipinski definition) is 3. The first-order valence-electron chi connectivity index (χ1n) is 8.69. The van der Waals surface area contributed by atoms with Crippen molar-refractivity contribution in [2.75, 3.05) is 21.4 Å². The molecule has 0 aromatic heterocycles. The van der Waals surface area contributed by atoms with E-state index >= 15 is 0 Å². The molecule has 2 heterocycles. The summed E-state index contributed by atoms with van der Waals surface area (Å²) in [6.45, 7) is 4.20. The van der Waals surface area contributed by atoms with Gasteiger partial charge in [0.1, 0.15) is 6.04 Å². The Morgan fingerprint density at radius 1 is 1.11 bits per heavy atom. The van der Waals surface area contributed by atoms with Gasteiger partial charge in [0.05, 0.1) is 29.4 Å². The van der Waals surface area contributed by atoms with Gasteiger partial charge in [-0.15, -0.1) is 11.8 Å². The van der Waals surface area contributed by atoms with Gasteiger partial charge < -0.3 is 9.80 Å². The van der Waals surface area contributed by atoms with Crippen LogP contribution in [0.2, 0.25) is 0 Å². The van der Waals surface area contributed by atoms with Crippen molar-refractivity contribution in [3.63, 3.8) is 0 Å². The van der Waals surface area contributed by atoms with Crippen LogP contribution in [0.15, 0.2) is 36.4 Å². The fraction of sp³-hybridized carbons (Fsp3) is 0.350. The quantitative estimate of drug-likeness (QED) is 0.737. The van der Waals surface area contributed by atoms with Crippen LogP contribution in [0, 0.1) is 13.8 Å². The Hall–Kier alpha value is -2.15. The van der Waals surface area contributed by atoms with Crippen molar-refractivity contribution in [1.82, 2.24) is 0 Å². The smallest absolute Gasteiger partial charge is 0.348 e. The Kier molecular flexibility index (Phi) is 4.37. The van der Waals surface area contributed by atoms with E-state index in [1.807, 2.05) is 36.9 Å². The summed E-state index contributed by atoms with van der Waals surface area (Å²) in [6, 6.07) is 9.26. The number of anilines is 2. The van der Waals surface area contributed by atoms with Gasteiger partial charge in [0.2, 0.25) is 0 Å². The third-order valence-electron chi connectivity index (χ3n) is 5.30. The Morgan fingerprint density at radius 2 is 1.81 bits per heavy atom. The predicted molar refractivity (Wildman–Crippen MR) is 102 cm³/mol. The zero-order chi connectivity index (χ0) is 19.3. The number of benzene rings is 2. The molecular formula is C20H19F3N2OS. The lowest BCUT2D eigenvalue weighted by Crippen LogP contribution is -2.51. The van der Waals surface area contributed by atoms with E-state index in [1.54, 1.807) is 11.8 Å². The molecule has 1 saturated heterocycles. The fourth-order valence-corrected chi connectivity index (χ4v) is 4.93. The summed E-state index contributed by atoms with van der Waals surface area (Å²) >= 11 is 1.63. The van der Waals surface area contributed by atoms with Crippen molar-refractivity contribution in [3.05, 3.63) is 58.7 Å². The lowest BCUT2D eigenvalue weighted by Gasteiger charge is -2.39. The lowest BCUT2D eigenvalue weighted by atomic mass is 9.99. The minimum absolute atomic E-state index is 0.130. The maximum absolute atomic E-state index is 13.3. The molecule has 142 valence electrons. The van der Waals surface area contributed by atoms with Crippen LogP contribution >= 0.6 is 11.8 Å². The fourth-order valence-electron chi connectivity index (χ4n) is 3.76. The van der Waals surface area contributed by atoms with Gasteiger partial charge in [-0.2, -0.15) is 13.2 Å². The minimum Gasteiger partial charge on any atom is -0.348 e. The first kappa shape index (κ1) is 18.2. The largest absolute Gasteiger partial charge is 0.416 e. The summed E-state index contributed by atoms with van der Waals surface area (Å²) in [5.74, 6) is 1.14. The van der Waals surface area contributed by atoms with Crippen molar-refractivity contribution in [2.24, 2.45) is 0 Å². The highest BCUT2D eigenvalue weighted by Crippen LogP contribution is 2.44. The first-order valence-corrected chi connectivity index (χ1v) is 9.85. The van der Waals surface area contributed by atoms with Crippen LogP contribution in [0.4, 0.5) is 24.5 Å². The maximum Gasteiger partial charge on any atom is 0.416 e. The molecule has 0 radical (unpaired) electrons. The number of carbonyl (C=O) groups is 1. The molecule has 2 aromatic carbocycles. The van der Waals surface area contributed by atoms with Gasteiger partial charge in [-0.1, -0.05) is 18.2 Å². The maximum atomic E-state index is 13.3. The number of rotatable bonds is 2. The van der Waals surface area contributed by atoms with Crippen molar-refractivity contribution >= 4 is 29.0 Å². The summed E-state index contributed by atoms with van der Waals surface area (Å²) < 4.78 is 39.9. The van der Waals surface area contributed by atoms with Crippen LogP contribution in [0.3, 0.4) is 0 Å². The molecule has 4 rings (SSSR count). The Labute approximate surface area is 160 Å². The number of thioether (sulfide) groups is 1. The highest BCUT2D eigenvalue weighted by Gasteiger charge is 2.42. The zero-order valence-electron chi connectivity index (χ0n) is 15.0. The van der Waals surface area contributed by atoms with Crippen LogP contribution in [0.25, 0.3) is 0 Å². The average Bonchev–Trinajstić information content (AvgIpc) is 3.09. The molecule has 0 saturated carbocycles. The van der Waals surface area contributed by atoms with E-state index in [0.717, 1.165) is 28.8 Å². The van der Waals surface area contributed by atoms with E-state index in [4.69, 9.17) is 0 Å². The summed E-state index contributed by atoms with van der Waals surface area (Å²) in [5, 5.41) is 0. The summed E-state index contributed by atoms with van der Waals surface area (Å²) in [7, 11) is 0. The van der Waals surface area contributed by atoms with E-state index in [0.29, 0.717) is 23.0 Å². The van der Waals surface area contributed by atoms with Gasteiger partial charge in [-0.3, -0.25) is 4.79 Å². The third-order valence-corrected chi connectivity index (χ3v) is 6.31. The van der Waals surface area contributed by atoms with Crippen molar-refractivity contribution in [1.29, 1.82) is 0 Å². The minimum atomic E-state index is -4.45. The van der Waals surface area contributed by atoms with E-state index in [1.165, 1.54) is 11.0 Å². The Bertz CT molecular complexity index is 892.